The normalized spacial score (nSPS) is 25.9. The van der Waals surface area contributed by atoms with Gasteiger partial charge in [-0.15, -0.1) is 0 Å². The number of hydrogen-bond donors (Lipinski definition) is 1. The molecular weight excluding hydrogens is 198 g/mol. The third kappa shape index (κ3) is 2.29. The topological polar surface area (TPSA) is 29.9 Å². The van der Waals surface area contributed by atoms with E-state index < -0.39 is 0 Å². The molecule has 0 aliphatic carbocycles. The van der Waals surface area contributed by atoms with E-state index in [0.717, 1.165) is 18.4 Å². The quantitative estimate of drug-likeness (QED) is 0.848. The molecule has 1 N–H and O–H groups in total. The smallest absolute Gasteiger partial charge is 0.0628 e. The number of hydrogen-bond acceptors (Lipinski definition) is 2. The molecule has 1 fully saturated rings. The Morgan fingerprint density at radius 1 is 1.56 bits per heavy atom. The van der Waals surface area contributed by atoms with E-state index in [1.807, 2.05) is 11.7 Å². The van der Waals surface area contributed by atoms with Crippen LogP contribution in [0.2, 0.25) is 0 Å². The van der Waals surface area contributed by atoms with Crippen molar-refractivity contribution >= 4 is 0 Å². The lowest BCUT2D eigenvalue weighted by atomic mass is 9.79. The highest BCUT2D eigenvalue weighted by atomic mass is 15.2. The molecule has 0 radical (unpaired) electrons. The molecule has 16 heavy (non-hydrogen) atoms. The van der Waals surface area contributed by atoms with Crippen LogP contribution in [-0.4, -0.2) is 22.9 Å². The average molecular weight is 221 g/mol. The Labute approximate surface area is 98.2 Å². The minimum atomic E-state index is 0.717. The van der Waals surface area contributed by atoms with Crippen LogP contribution in [0, 0.1) is 12.8 Å². The maximum atomic E-state index is 4.48. The summed E-state index contributed by atoms with van der Waals surface area (Å²) in [5.74, 6) is 1.51. The van der Waals surface area contributed by atoms with E-state index >= 15 is 0 Å². The van der Waals surface area contributed by atoms with Crippen molar-refractivity contribution in [3.05, 3.63) is 17.5 Å². The Morgan fingerprint density at radius 3 is 3.00 bits per heavy atom. The Bertz CT molecular complexity index is 341. The van der Waals surface area contributed by atoms with Crippen molar-refractivity contribution in [2.75, 3.05) is 13.1 Å². The lowest BCUT2D eigenvalue weighted by Crippen LogP contribution is -2.35. The van der Waals surface area contributed by atoms with E-state index in [2.05, 4.69) is 30.5 Å². The summed E-state index contributed by atoms with van der Waals surface area (Å²) in [7, 11) is 2.02. The number of piperidine rings is 1. The maximum absolute atomic E-state index is 4.48. The molecular formula is C13H23N3. The van der Waals surface area contributed by atoms with Crippen LogP contribution in [0.1, 0.15) is 43.4 Å². The zero-order chi connectivity index (χ0) is 11.5. The molecule has 3 nitrogen and oxygen atoms in total. The van der Waals surface area contributed by atoms with Gasteiger partial charge in [0.25, 0.3) is 0 Å². The first kappa shape index (κ1) is 11.6. The summed E-state index contributed by atoms with van der Waals surface area (Å²) in [5.41, 5.74) is 2.69. The van der Waals surface area contributed by atoms with Gasteiger partial charge in [0.1, 0.15) is 0 Å². The third-order valence-electron chi connectivity index (χ3n) is 3.72. The minimum Gasteiger partial charge on any atom is -0.316 e. The highest BCUT2D eigenvalue weighted by Gasteiger charge is 2.27. The molecule has 0 saturated carbocycles. The highest BCUT2D eigenvalue weighted by molar-refractivity contribution is 5.22. The van der Waals surface area contributed by atoms with Gasteiger partial charge in [-0.1, -0.05) is 13.3 Å². The van der Waals surface area contributed by atoms with Crippen LogP contribution < -0.4 is 5.32 Å². The number of nitrogens with zero attached hydrogens (tertiary/aromatic N) is 2. The van der Waals surface area contributed by atoms with Gasteiger partial charge in [-0.05, 0) is 50.3 Å². The number of rotatable bonds is 3. The lowest BCUT2D eigenvalue weighted by molar-refractivity contribution is 0.306. The van der Waals surface area contributed by atoms with Gasteiger partial charge in [-0.2, -0.15) is 5.10 Å². The van der Waals surface area contributed by atoms with Gasteiger partial charge in [0, 0.05) is 13.2 Å². The fourth-order valence-electron chi connectivity index (χ4n) is 2.99. The third-order valence-corrected chi connectivity index (χ3v) is 3.72. The van der Waals surface area contributed by atoms with E-state index in [9.17, 15) is 0 Å². The van der Waals surface area contributed by atoms with Crippen LogP contribution in [0.15, 0.2) is 6.20 Å². The van der Waals surface area contributed by atoms with Crippen LogP contribution >= 0.6 is 0 Å². The molecule has 0 spiro atoms. The monoisotopic (exact) mass is 221 g/mol. The van der Waals surface area contributed by atoms with Crippen molar-refractivity contribution in [2.45, 2.75) is 39.0 Å². The lowest BCUT2D eigenvalue weighted by Gasteiger charge is -2.32. The summed E-state index contributed by atoms with van der Waals surface area (Å²) in [6.45, 7) is 6.74. The molecule has 2 heterocycles. The SMILES string of the molecule is CCCC1CNCCC1c1cn(C)nc1C. The van der Waals surface area contributed by atoms with Crippen LogP contribution in [0.25, 0.3) is 0 Å². The van der Waals surface area contributed by atoms with Crippen molar-refractivity contribution in [2.24, 2.45) is 13.0 Å². The Morgan fingerprint density at radius 2 is 2.38 bits per heavy atom. The molecule has 2 unspecified atom stereocenters. The first-order valence-corrected chi connectivity index (χ1v) is 6.43. The number of nitrogens with one attached hydrogen (secondary N) is 1. The molecule has 1 aliphatic heterocycles. The molecule has 2 rings (SSSR count). The van der Waals surface area contributed by atoms with Gasteiger partial charge in [0.05, 0.1) is 5.69 Å². The van der Waals surface area contributed by atoms with Crippen LogP contribution in [0.4, 0.5) is 0 Å². The van der Waals surface area contributed by atoms with E-state index in [1.165, 1.54) is 37.1 Å². The summed E-state index contributed by atoms with van der Waals surface area (Å²) >= 11 is 0. The standard InChI is InChI=1S/C13H23N3/c1-4-5-11-8-14-7-6-12(11)13-9-16(3)15-10(13)2/h9,11-12,14H,4-8H2,1-3H3. The van der Waals surface area contributed by atoms with Crippen LogP contribution in [-0.2, 0) is 7.05 Å². The van der Waals surface area contributed by atoms with Gasteiger partial charge in [0.15, 0.2) is 0 Å². The fourth-order valence-corrected chi connectivity index (χ4v) is 2.99. The molecule has 1 aromatic rings. The molecule has 0 bridgehead atoms. The summed E-state index contributed by atoms with van der Waals surface area (Å²) in [4.78, 5) is 0. The first-order valence-electron chi connectivity index (χ1n) is 6.43. The summed E-state index contributed by atoms with van der Waals surface area (Å²) in [6.07, 6.45) is 6.08. The predicted octanol–water partition coefficient (Wildman–Crippen LogP) is 2.22. The summed E-state index contributed by atoms with van der Waals surface area (Å²) in [6, 6.07) is 0. The van der Waals surface area contributed by atoms with Gasteiger partial charge < -0.3 is 5.32 Å². The Hall–Kier alpha value is -0.830. The second-order valence-corrected chi connectivity index (χ2v) is 4.99. The zero-order valence-electron chi connectivity index (χ0n) is 10.7. The van der Waals surface area contributed by atoms with Crippen molar-refractivity contribution < 1.29 is 0 Å². The number of aromatic nitrogens is 2. The molecule has 3 heteroatoms. The Balaban J connectivity index is 2.19. The van der Waals surface area contributed by atoms with Crippen LogP contribution in [0.5, 0.6) is 0 Å². The minimum absolute atomic E-state index is 0.717. The van der Waals surface area contributed by atoms with Crippen molar-refractivity contribution in [3.8, 4) is 0 Å². The molecule has 0 amide bonds. The van der Waals surface area contributed by atoms with Gasteiger partial charge >= 0.3 is 0 Å². The highest BCUT2D eigenvalue weighted by Crippen LogP contribution is 2.34. The van der Waals surface area contributed by atoms with E-state index in [0.29, 0.717) is 0 Å². The van der Waals surface area contributed by atoms with E-state index in [4.69, 9.17) is 0 Å². The maximum Gasteiger partial charge on any atom is 0.0628 e. The largest absolute Gasteiger partial charge is 0.316 e. The zero-order valence-corrected chi connectivity index (χ0v) is 10.7. The second kappa shape index (κ2) is 5.00. The average Bonchev–Trinajstić information content (AvgIpc) is 2.59. The van der Waals surface area contributed by atoms with Gasteiger partial charge in [-0.25, -0.2) is 0 Å². The Kier molecular flexibility index (Phi) is 3.64. The predicted molar refractivity (Wildman–Crippen MR) is 66.6 cm³/mol. The van der Waals surface area contributed by atoms with E-state index in [-0.39, 0.29) is 0 Å². The van der Waals surface area contributed by atoms with Crippen molar-refractivity contribution in [1.82, 2.24) is 15.1 Å². The van der Waals surface area contributed by atoms with Crippen molar-refractivity contribution in [3.63, 3.8) is 0 Å². The fraction of sp³-hybridized carbons (Fsp3) is 0.769. The molecule has 1 saturated heterocycles. The van der Waals surface area contributed by atoms with E-state index in [1.54, 1.807) is 0 Å². The van der Waals surface area contributed by atoms with Crippen molar-refractivity contribution in [1.29, 1.82) is 0 Å². The summed E-state index contributed by atoms with van der Waals surface area (Å²) in [5, 5.41) is 8.00. The van der Waals surface area contributed by atoms with Gasteiger partial charge in [-0.3, -0.25) is 4.68 Å². The molecule has 0 aromatic carbocycles. The molecule has 1 aliphatic rings. The van der Waals surface area contributed by atoms with Crippen LogP contribution in [0.3, 0.4) is 0 Å². The summed E-state index contributed by atoms with van der Waals surface area (Å²) < 4.78 is 1.95. The molecule has 90 valence electrons. The number of aryl methyl sites for hydroxylation is 2. The van der Waals surface area contributed by atoms with Gasteiger partial charge in [0.2, 0.25) is 0 Å². The first-order chi connectivity index (χ1) is 7.72. The second-order valence-electron chi connectivity index (χ2n) is 4.99. The molecule has 1 aromatic heterocycles. The molecule has 2 atom stereocenters.